The van der Waals surface area contributed by atoms with Gasteiger partial charge in [-0.1, -0.05) is 19.3 Å². The molecule has 1 aliphatic heterocycles. The second-order valence-electron chi connectivity index (χ2n) is 7.15. The van der Waals surface area contributed by atoms with Gasteiger partial charge in [-0.05, 0) is 30.2 Å². The SMILES string of the molecule is CC(c1nnnn1C1CCCCC1)N1CCN(C(=O)N(C)C)CC1. The van der Waals surface area contributed by atoms with Crippen LogP contribution in [-0.2, 0) is 0 Å². The molecule has 2 heterocycles. The van der Waals surface area contributed by atoms with E-state index in [-0.39, 0.29) is 12.1 Å². The minimum Gasteiger partial charge on any atom is -0.331 e. The number of piperazine rings is 1. The molecule has 1 atom stereocenters. The lowest BCUT2D eigenvalue weighted by Crippen LogP contribution is -2.52. The van der Waals surface area contributed by atoms with Crippen molar-refractivity contribution in [2.24, 2.45) is 0 Å². The standard InChI is InChI=1S/C16H29N7O/c1-13(21-9-11-22(12-10-21)16(24)20(2)3)15-17-18-19-23(15)14-7-5-4-6-8-14/h13-14H,4-12H2,1-3H3. The molecule has 2 aliphatic rings. The van der Waals surface area contributed by atoms with Crippen LogP contribution in [0.4, 0.5) is 4.79 Å². The second-order valence-corrected chi connectivity index (χ2v) is 7.15. The topological polar surface area (TPSA) is 70.4 Å². The molecule has 0 radical (unpaired) electrons. The summed E-state index contributed by atoms with van der Waals surface area (Å²) in [4.78, 5) is 18.0. The van der Waals surface area contributed by atoms with E-state index in [1.54, 1.807) is 19.0 Å². The summed E-state index contributed by atoms with van der Waals surface area (Å²) in [5, 5.41) is 12.5. The van der Waals surface area contributed by atoms with Crippen molar-refractivity contribution in [2.45, 2.75) is 51.1 Å². The third-order valence-corrected chi connectivity index (χ3v) is 5.33. The summed E-state index contributed by atoms with van der Waals surface area (Å²) in [5.74, 6) is 0.967. The van der Waals surface area contributed by atoms with Gasteiger partial charge in [-0.25, -0.2) is 9.48 Å². The maximum absolute atomic E-state index is 12.1. The molecular weight excluding hydrogens is 306 g/mol. The number of carbonyl (C=O) groups excluding carboxylic acids is 1. The number of hydrogen-bond acceptors (Lipinski definition) is 5. The van der Waals surface area contributed by atoms with Gasteiger partial charge in [0.2, 0.25) is 0 Å². The van der Waals surface area contributed by atoms with Gasteiger partial charge in [0.1, 0.15) is 0 Å². The van der Waals surface area contributed by atoms with Crippen molar-refractivity contribution in [3.63, 3.8) is 0 Å². The van der Waals surface area contributed by atoms with Gasteiger partial charge in [0.25, 0.3) is 0 Å². The smallest absolute Gasteiger partial charge is 0.319 e. The van der Waals surface area contributed by atoms with Crippen LogP contribution in [0.25, 0.3) is 0 Å². The Morgan fingerprint density at radius 2 is 1.79 bits per heavy atom. The van der Waals surface area contributed by atoms with Gasteiger partial charge >= 0.3 is 6.03 Å². The van der Waals surface area contributed by atoms with Gasteiger partial charge in [-0.3, -0.25) is 4.90 Å². The molecule has 3 rings (SSSR count). The first-order valence-electron chi connectivity index (χ1n) is 9.06. The molecule has 1 saturated heterocycles. The van der Waals surface area contributed by atoms with Crippen molar-refractivity contribution in [3.8, 4) is 0 Å². The first-order valence-corrected chi connectivity index (χ1v) is 9.06. The molecule has 1 aromatic rings. The van der Waals surface area contributed by atoms with Crippen LogP contribution in [0.1, 0.15) is 56.9 Å². The maximum Gasteiger partial charge on any atom is 0.319 e. The third-order valence-electron chi connectivity index (χ3n) is 5.33. The Labute approximate surface area is 143 Å². The summed E-state index contributed by atoms with van der Waals surface area (Å²) in [6.45, 7) is 5.41. The van der Waals surface area contributed by atoms with Crippen LogP contribution in [0.3, 0.4) is 0 Å². The molecule has 1 unspecified atom stereocenters. The fourth-order valence-corrected chi connectivity index (χ4v) is 3.81. The van der Waals surface area contributed by atoms with E-state index < -0.39 is 0 Å². The summed E-state index contributed by atoms with van der Waals surface area (Å²) >= 11 is 0. The summed E-state index contributed by atoms with van der Waals surface area (Å²) in [6, 6.07) is 0.718. The summed E-state index contributed by atoms with van der Waals surface area (Å²) in [7, 11) is 3.60. The fraction of sp³-hybridized carbons (Fsp3) is 0.875. The van der Waals surface area contributed by atoms with E-state index in [1.807, 2.05) is 4.90 Å². The van der Waals surface area contributed by atoms with Gasteiger partial charge in [0.05, 0.1) is 12.1 Å². The number of rotatable bonds is 3. The molecule has 8 nitrogen and oxygen atoms in total. The lowest BCUT2D eigenvalue weighted by Gasteiger charge is -2.38. The number of tetrazole rings is 1. The largest absolute Gasteiger partial charge is 0.331 e. The van der Waals surface area contributed by atoms with E-state index in [0.29, 0.717) is 6.04 Å². The minimum atomic E-state index is 0.0920. The molecule has 0 N–H and O–H groups in total. The predicted octanol–water partition coefficient (Wildman–Crippen LogP) is 1.54. The number of hydrogen-bond donors (Lipinski definition) is 0. The number of nitrogens with zero attached hydrogens (tertiary/aromatic N) is 7. The Bertz CT molecular complexity index is 544. The second kappa shape index (κ2) is 7.46. The van der Waals surface area contributed by atoms with E-state index in [9.17, 15) is 4.79 Å². The Hall–Kier alpha value is -1.70. The highest BCUT2D eigenvalue weighted by Gasteiger charge is 2.30. The molecule has 2 fully saturated rings. The lowest BCUT2D eigenvalue weighted by molar-refractivity contribution is 0.0970. The summed E-state index contributed by atoms with van der Waals surface area (Å²) in [6.07, 6.45) is 6.21. The number of aromatic nitrogens is 4. The fourth-order valence-electron chi connectivity index (χ4n) is 3.81. The Balaban J connectivity index is 1.63. The van der Waals surface area contributed by atoms with Crippen molar-refractivity contribution in [1.29, 1.82) is 0 Å². The van der Waals surface area contributed by atoms with Crippen LogP contribution in [0.2, 0.25) is 0 Å². The quantitative estimate of drug-likeness (QED) is 0.838. The van der Waals surface area contributed by atoms with E-state index in [0.717, 1.165) is 32.0 Å². The van der Waals surface area contributed by atoms with Crippen LogP contribution in [0.5, 0.6) is 0 Å². The molecule has 0 spiro atoms. The van der Waals surface area contributed by atoms with Crippen LogP contribution in [0.15, 0.2) is 0 Å². The number of carbonyl (C=O) groups is 1. The zero-order valence-corrected chi connectivity index (χ0v) is 15.1. The maximum atomic E-state index is 12.1. The van der Waals surface area contributed by atoms with Crippen molar-refractivity contribution >= 4 is 6.03 Å². The average molecular weight is 335 g/mol. The predicted molar refractivity (Wildman–Crippen MR) is 90.6 cm³/mol. The van der Waals surface area contributed by atoms with Crippen LogP contribution in [-0.4, -0.2) is 81.2 Å². The van der Waals surface area contributed by atoms with E-state index in [4.69, 9.17) is 0 Å². The molecule has 8 heteroatoms. The minimum absolute atomic E-state index is 0.0920. The van der Waals surface area contributed by atoms with Crippen molar-refractivity contribution < 1.29 is 4.79 Å². The molecule has 1 aromatic heterocycles. The van der Waals surface area contributed by atoms with Gasteiger partial charge in [-0.2, -0.15) is 0 Å². The average Bonchev–Trinajstić information content (AvgIpc) is 3.11. The molecule has 0 aromatic carbocycles. The lowest BCUT2D eigenvalue weighted by atomic mass is 9.95. The molecule has 24 heavy (non-hydrogen) atoms. The molecular formula is C16H29N7O. The summed E-state index contributed by atoms with van der Waals surface area (Å²) in [5.41, 5.74) is 0. The Morgan fingerprint density at radius 1 is 1.12 bits per heavy atom. The molecule has 0 bridgehead atoms. The highest BCUT2D eigenvalue weighted by atomic mass is 16.2. The first-order chi connectivity index (χ1) is 11.6. The number of amides is 2. The van der Waals surface area contributed by atoms with Gasteiger partial charge < -0.3 is 9.80 Å². The Morgan fingerprint density at radius 3 is 2.42 bits per heavy atom. The highest BCUT2D eigenvalue weighted by molar-refractivity contribution is 5.73. The van der Waals surface area contributed by atoms with Crippen LogP contribution >= 0.6 is 0 Å². The highest BCUT2D eigenvalue weighted by Crippen LogP contribution is 2.30. The zero-order chi connectivity index (χ0) is 17.1. The molecule has 1 saturated carbocycles. The first kappa shape index (κ1) is 17.1. The van der Waals surface area contributed by atoms with Gasteiger partial charge in [-0.15, -0.1) is 5.10 Å². The van der Waals surface area contributed by atoms with Crippen molar-refractivity contribution in [1.82, 2.24) is 34.9 Å². The van der Waals surface area contributed by atoms with Gasteiger partial charge in [0.15, 0.2) is 5.82 Å². The van der Waals surface area contributed by atoms with Crippen molar-refractivity contribution in [3.05, 3.63) is 5.82 Å². The van der Waals surface area contributed by atoms with Gasteiger partial charge in [0, 0.05) is 40.3 Å². The normalized spacial score (nSPS) is 21.7. The van der Waals surface area contributed by atoms with E-state index in [2.05, 4.69) is 32.0 Å². The van der Waals surface area contributed by atoms with Crippen molar-refractivity contribution in [2.75, 3.05) is 40.3 Å². The number of urea groups is 1. The third kappa shape index (κ3) is 3.53. The van der Waals surface area contributed by atoms with Crippen LogP contribution in [0, 0.1) is 0 Å². The summed E-state index contributed by atoms with van der Waals surface area (Å²) < 4.78 is 2.06. The zero-order valence-electron chi connectivity index (χ0n) is 15.1. The monoisotopic (exact) mass is 335 g/mol. The van der Waals surface area contributed by atoms with E-state index >= 15 is 0 Å². The molecule has 1 aliphatic carbocycles. The Kier molecular flexibility index (Phi) is 5.33. The van der Waals surface area contributed by atoms with Crippen LogP contribution < -0.4 is 0 Å². The molecule has 134 valence electrons. The van der Waals surface area contributed by atoms with E-state index in [1.165, 1.54) is 32.1 Å². The molecule has 2 amide bonds.